The van der Waals surface area contributed by atoms with Crippen molar-refractivity contribution in [2.24, 2.45) is 5.73 Å². The predicted molar refractivity (Wildman–Crippen MR) is 96.3 cm³/mol. The molecule has 1 unspecified atom stereocenters. The van der Waals surface area contributed by atoms with Crippen LogP contribution in [0.4, 0.5) is 0 Å². The number of aryl methyl sites for hydroxylation is 2. The fourth-order valence-electron chi connectivity index (χ4n) is 2.66. The standard InChI is InChI=1S/C19H25NOS/c1-14-4-8-16(9-5-14)19(21,18(20)12-13-22-3)17-10-6-15(2)7-11-17/h4-11,18,21H,12-13,20H2,1-3H3. The Balaban J connectivity index is 2.47. The van der Waals surface area contributed by atoms with Gasteiger partial charge in [0, 0.05) is 6.04 Å². The van der Waals surface area contributed by atoms with E-state index in [4.69, 9.17) is 5.73 Å². The molecule has 0 saturated heterocycles. The van der Waals surface area contributed by atoms with Gasteiger partial charge < -0.3 is 10.8 Å². The minimum atomic E-state index is -1.16. The lowest BCUT2D eigenvalue weighted by atomic mass is 9.79. The number of hydrogen-bond donors (Lipinski definition) is 2. The monoisotopic (exact) mass is 315 g/mol. The van der Waals surface area contributed by atoms with E-state index in [1.807, 2.05) is 62.4 Å². The molecule has 0 fully saturated rings. The van der Waals surface area contributed by atoms with E-state index in [9.17, 15) is 5.11 Å². The van der Waals surface area contributed by atoms with Crippen molar-refractivity contribution in [3.05, 3.63) is 70.8 Å². The highest BCUT2D eigenvalue weighted by Crippen LogP contribution is 2.34. The number of hydrogen-bond acceptors (Lipinski definition) is 3. The van der Waals surface area contributed by atoms with E-state index in [0.29, 0.717) is 0 Å². The summed E-state index contributed by atoms with van der Waals surface area (Å²) in [6, 6.07) is 15.7. The lowest BCUT2D eigenvalue weighted by molar-refractivity contribution is 0.0507. The van der Waals surface area contributed by atoms with Gasteiger partial charge in [0.05, 0.1) is 0 Å². The SMILES string of the molecule is CSCCC(N)C(O)(c1ccc(C)cc1)c1ccc(C)cc1. The highest BCUT2D eigenvalue weighted by molar-refractivity contribution is 7.98. The molecule has 3 N–H and O–H groups in total. The van der Waals surface area contributed by atoms with Gasteiger partial charge in [-0.2, -0.15) is 11.8 Å². The van der Waals surface area contributed by atoms with Gasteiger partial charge in [-0.25, -0.2) is 0 Å². The Hall–Kier alpha value is -1.29. The van der Waals surface area contributed by atoms with Crippen LogP contribution in [0.1, 0.15) is 28.7 Å². The molecule has 0 spiro atoms. The maximum absolute atomic E-state index is 11.5. The molecule has 22 heavy (non-hydrogen) atoms. The minimum Gasteiger partial charge on any atom is -0.379 e. The van der Waals surface area contributed by atoms with Crippen molar-refractivity contribution in [1.82, 2.24) is 0 Å². The molecule has 0 aliphatic rings. The smallest absolute Gasteiger partial charge is 0.130 e. The van der Waals surface area contributed by atoms with Crippen LogP contribution in [0.25, 0.3) is 0 Å². The molecule has 0 aromatic heterocycles. The van der Waals surface area contributed by atoms with Crippen LogP contribution in [-0.2, 0) is 5.60 Å². The molecule has 2 rings (SSSR count). The van der Waals surface area contributed by atoms with Crippen molar-refractivity contribution >= 4 is 11.8 Å². The molecule has 0 saturated carbocycles. The number of benzene rings is 2. The van der Waals surface area contributed by atoms with E-state index in [-0.39, 0.29) is 6.04 Å². The van der Waals surface area contributed by atoms with E-state index in [1.165, 1.54) is 11.1 Å². The molecular formula is C19H25NOS. The minimum absolute atomic E-state index is 0.342. The summed E-state index contributed by atoms with van der Waals surface area (Å²) in [6.07, 6.45) is 2.82. The molecule has 3 heteroatoms. The van der Waals surface area contributed by atoms with E-state index in [1.54, 1.807) is 11.8 Å². The van der Waals surface area contributed by atoms with Gasteiger partial charge in [0.2, 0.25) is 0 Å². The van der Waals surface area contributed by atoms with Gasteiger partial charge in [-0.3, -0.25) is 0 Å². The van der Waals surface area contributed by atoms with Gasteiger partial charge in [-0.15, -0.1) is 0 Å². The first-order valence-corrected chi connectivity index (χ1v) is 8.99. The average Bonchev–Trinajstić information content (AvgIpc) is 2.53. The third kappa shape index (κ3) is 3.54. The fraction of sp³-hybridized carbons (Fsp3) is 0.368. The van der Waals surface area contributed by atoms with Crippen LogP contribution < -0.4 is 5.73 Å². The van der Waals surface area contributed by atoms with E-state index in [0.717, 1.165) is 23.3 Å². The van der Waals surface area contributed by atoms with Crippen LogP contribution in [0, 0.1) is 13.8 Å². The van der Waals surface area contributed by atoms with Gasteiger partial charge in [0.25, 0.3) is 0 Å². The molecule has 1 atom stereocenters. The molecule has 0 amide bonds. The normalized spacial score (nSPS) is 13.1. The van der Waals surface area contributed by atoms with Crippen LogP contribution >= 0.6 is 11.8 Å². The summed E-state index contributed by atoms with van der Waals surface area (Å²) in [5.74, 6) is 0.932. The van der Waals surface area contributed by atoms with Gasteiger partial charge in [0.15, 0.2) is 0 Å². The maximum atomic E-state index is 11.5. The molecule has 118 valence electrons. The Morgan fingerprint density at radius 1 is 0.955 bits per heavy atom. The highest BCUT2D eigenvalue weighted by Gasteiger charge is 2.37. The Labute approximate surface area is 137 Å². The molecule has 2 aromatic rings. The largest absolute Gasteiger partial charge is 0.379 e. The van der Waals surface area contributed by atoms with Gasteiger partial charge in [-0.05, 0) is 43.4 Å². The van der Waals surface area contributed by atoms with Crippen LogP contribution in [0.5, 0.6) is 0 Å². The second-order valence-corrected chi connectivity index (χ2v) is 6.87. The second kappa shape index (κ2) is 7.32. The van der Waals surface area contributed by atoms with E-state index >= 15 is 0 Å². The van der Waals surface area contributed by atoms with Crippen LogP contribution in [0.2, 0.25) is 0 Å². The highest BCUT2D eigenvalue weighted by atomic mass is 32.2. The van der Waals surface area contributed by atoms with Crippen LogP contribution in [0.3, 0.4) is 0 Å². The fourth-order valence-corrected chi connectivity index (χ4v) is 3.15. The van der Waals surface area contributed by atoms with Crippen molar-refractivity contribution in [3.8, 4) is 0 Å². The molecular weight excluding hydrogens is 290 g/mol. The van der Waals surface area contributed by atoms with Crippen molar-refractivity contribution in [1.29, 1.82) is 0 Å². The molecule has 0 bridgehead atoms. The third-order valence-corrected chi connectivity index (χ3v) is 4.80. The lowest BCUT2D eigenvalue weighted by Crippen LogP contribution is -2.46. The van der Waals surface area contributed by atoms with Gasteiger partial charge in [0.1, 0.15) is 5.60 Å². The van der Waals surface area contributed by atoms with Crippen LogP contribution in [-0.4, -0.2) is 23.2 Å². The zero-order valence-electron chi connectivity index (χ0n) is 13.5. The van der Waals surface area contributed by atoms with Gasteiger partial charge >= 0.3 is 0 Å². The molecule has 0 radical (unpaired) electrons. The first kappa shape index (κ1) is 17.1. The summed E-state index contributed by atoms with van der Waals surface area (Å²) in [6.45, 7) is 4.09. The summed E-state index contributed by atoms with van der Waals surface area (Å²) in [5.41, 5.74) is 9.32. The number of thioether (sulfide) groups is 1. The first-order valence-electron chi connectivity index (χ1n) is 7.59. The molecule has 0 aliphatic carbocycles. The Kier molecular flexibility index (Phi) is 5.68. The van der Waals surface area contributed by atoms with Crippen LogP contribution in [0.15, 0.2) is 48.5 Å². The molecule has 0 aliphatic heterocycles. The van der Waals surface area contributed by atoms with Crippen molar-refractivity contribution in [2.75, 3.05) is 12.0 Å². The van der Waals surface area contributed by atoms with Crippen molar-refractivity contribution < 1.29 is 5.11 Å². The average molecular weight is 315 g/mol. The quantitative estimate of drug-likeness (QED) is 0.856. The number of rotatable bonds is 6. The predicted octanol–water partition coefficient (Wildman–Crippen LogP) is 3.62. The molecule has 0 heterocycles. The van der Waals surface area contributed by atoms with Crippen molar-refractivity contribution in [2.45, 2.75) is 31.9 Å². The van der Waals surface area contributed by atoms with E-state index < -0.39 is 5.60 Å². The molecule has 2 aromatic carbocycles. The summed E-state index contributed by atoms with van der Waals surface area (Å²) in [7, 11) is 0. The number of nitrogens with two attached hydrogens (primary N) is 1. The summed E-state index contributed by atoms with van der Waals surface area (Å²) < 4.78 is 0. The third-order valence-electron chi connectivity index (χ3n) is 4.15. The first-order chi connectivity index (χ1) is 10.5. The number of aliphatic hydroxyl groups is 1. The Morgan fingerprint density at radius 3 is 1.73 bits per heavy atom. The summed E-state index contributed by atoms with van der Waals surface area (Å²) in [4.78, 5) is 0. The van der Waals surface area contributed by atoms with Gasteiger partial charge in [-0.1, -0.05) is 59.7 Å². The van der Waals surface area contributed by atoms with E-state index in [2.05, 4.69) is 6.26 Å². The summed E-state index contributed by atoms with van der Waals surface area (Å²) in [5, 5.41) is 11.5. The Morgan fingerprint density at radius 2 is 1.36 bits per heavy atom. The zero-order chi connectivity index (χ0) is 16.2. The molecule has 2 nitrogen and oxygen atoms in total. The topological polar surface area (TPSA) is 46.2 Å². The van der Waals surface area contributed by atoms with Crippen molar-refractivity contribution in [3.63, 3.8) is 0 Å². The summed E-state index contributed by atoms with van der Waals surface area (Å²) >= 11 is 1.75. The zero-order valence-corrected chi connectivity index (χ0v) is 14.4. The maximum Gasteiger partial charge on any atom is 0.130 e. The lowest BCUT2D eigenvalue weighted by Gasteiger charge is -2.35. The second-order valence-electron chi connectivity index (χ2n) is 5.89. The Bertz CT molecular complexity index is 546.